The van der Waals surface area contributed by atoms with E-state index in [-0.39, 0.29) is 5.57 Å². The Hall–Kier alpha value is -0.990. The summed E-state index contributed by atoms with van der Waals surface area (Å²) in [6.07, 6.45) is 0. The Labute approximate surface area is 73.0 Å². The molecule has 0 aromatic carbocycles. The third-order valence-corrected chi connectivity index (χ3v) is 1.47. The summed E-state index contributed by atoms with van der Waals surface area (Å²) in [5, 5.41) is 10.3. The maximum atomic E-state index is 10.3. The molecule has 0 aromatic heterocycles. The van der Waals surface area contributed by atoms with Crippen LogP contribution in [0.4, 0.5) is 0 Å². The Morgan fingerprint density at radius 2 is 1.92 bits per heavy atom. The van der Waals surface area contributed by atoms with E-state index in [0.29, 0.717) is 18.3 Å². The van der Waals surface area contributed by atoms with Gasteiger partial charge >= 0.3 is 0 Å². The monoisotopic (exact) mass is 171 g/mol. The second-order valence-corrected chi connectivity index (χ2v) is 3.17. The molecule has 0 bridgehead atoms. The minimum Gasteiger partial charge on any atom is -0.545 e. The Bertz CT molecular complexity index is 192. The van der Waals surface area contributed by atoms with Crippen LogP contribution in [0.2, 0.25) is 0 Å². The molecule has 0 aromatic rings. The molecule has 0 spiro atoms. The number of carboxylic acid groups (broad SMARTS) is 1. The minimum atomic E-state index is -1.17. The lowest BCUT2D eigenvalue weighted by atomic mass is 10.2. The smallest absolute Gasteiger partial charge is 0.0976 e. The van der Waals surface area contributed by atoms with E-state index in [0.717, 1.165) is 0 Å². The first kappa shape index (κ1) is 11.0. The van der Waals surface area contributed by atoms with Crippen molar-refractivity contribution < 1.29 is 14.6 Å². The highest BCUT2D eigenvalue weighted by molar-refractivity contribution is 5.84. The normalized spacial score (nSPS) is 12.8. The van der Waals surface area contributed by atoms with Crippen molar-refractivity contribution in [1.29, 1.82) is 0 Å². The predicted octanol–water partition coefficient (Wildman–Crippen LogP) is 0.703. The maximum Gasteiger partial charge on any atom is 0.0976 e. The molecule has 3 heteroatoms. The molecule has 0 aliphatic heterocycles. The summed E-state index contributed by atoms with van der Waals surface area (Å²) in [6, 6.07) is 0. The molecule has 12 heavy (non-hydrogen) atoms. The summed E-state index contributed by atoms with van der Waals surface area (Å²) in [6.45, 7) is 7.65. The van der Waals surface area contributed by atoms with Gasteiger partial charge in [-0.05, 0) is 19.8 Å². The topological polar surface area (TPSA) is 49.4 Å². The van der Waals surface area contributed by atoms with E-state index < -0.39 is 5.97 Å². The van der Waals surface area contributed by atoms with Crippen LogP contribution in [-0.4, -0.2) is 12.6 Å². The summed E-state index contributed by atoms with van der Waals surface area (Å²) >= 11 is 0. The standard InChI is InChI=1S/C9H16O3/c1-6(2)5-12-8(4)7(3)9(10)11/h6H,5H2,1-4H3,(H,10,11)/p-1/b8-7+. The first-order valence-electron chi connectivity index (χ1n) is 3.96. The third-order valence-electron chi connectivity index (χ3n) is 1.47. The molecule has 0 aliphatic carbocycles. The van der Waals surface area contributed by atoms with E-state index in [1.165, 1.54) is 6.92 Å². The van der Waals surface area contributed by atoms with E-state index in [2.05, 4.69) is 0 Å². The number of carbonyl (C=O) groups excluding carboxylic acids is 1. The van der Waals surface area contributed by atoms with Crippen molar-refractivity contribution in [1.82, 2.24) is 0 Å². The fourth-order valence-corrected chi connectivity index (χ4v) is 0.544. The van der Waals surface area contributed by atoms with Gasteiger partial charge in [0.15, 0.2) is 0 Å². The summed E-state index contributed by atoms with van der Waals surface area (Å²) < 4.78 is 5.19. The number of hydrogen-bond donors (Lipinski definition) is 0. The van der Waals surface area contributed by atoms with Gasteiger partial charge in [0.05, 0.1) is 18.3 Å². The van der Waals surface area contributed by atoms with Crippen molar-refractivity contribution in [3.05, 3.63) is 11.3 Å². The lowest BCUT2D eigenvalue weighted by Crippen LogP contribution is -2.24. The third kappa shape index (κ3) is 4.01. The molecule has 0 atom stereocenters. The Kier molecular flexibility index (Phi) is 4.40. The second kappa shape index (κ2) is 4.80. The molecule has 0 aliphatic rings. The zero-order valence-electron chi connectivity index (χ0n) is 8.01. The predicted molar refractivity (Wildman–Crippen MR) is 44.2 cm³/mol. The van der Waals surface area contributed by atoms with Gasteiger partial charge in [-0.2, -0.15) is 0 Å². The van der Waals surface area contributed by atoms with Crippen molar-refractivity contribution >= 4 is 5.97 Å². The van der Waals surface area contributed by atoms with Crippen LogP contribution in [0.3, 0.4) is 0 Å². The highest BCUT2D eigenvalue weighted by atomic mass is 16.5. The molecule has 0 saturated carbocycles. The molecule has 70 valence electrons. The SMILES string of the molecule is C/C(OCC(C)C)=C(/C)C(=O)[O-]. The molecule has 0 amide bonds. The Morgan fingerprint density at radius 1 is 1.42 bits per heavy atom. The van der Waals surface area contributed by atoms with Crippen molar-refractivity contribution in [2.45, 2.75) is 27.7 Å². The van der Waals surface area contributed by atoms with Gasteiger partial charge in [-0.3, -0.25) is 0 Å². The number of hydrogen-bond acceptors (Lipinski definition) is 3. The molecule has 0 unspecified atom stereocenters. The van der Waals surface area contributed by atoms with Gasteiger partial charge in [0, 0.05) is 5.57 Å². The summed E-state index contributed by atoms with van der Waals surface area (Å²) in [7, 11) is 0. The first-order chi connectivity index (χ1) is 5.45. The fraction of sp³-hybridized carbons (Fsp3) is 0.667. The largest absolute Gasteiger partial charge is 0.545 e. The number of aliphatic carboxylic acids is 1. The zero-order valence-corrected chi connectivity index (χ0v) is 8.01. The van der Waals surface area contributed by atoms with Gasteiger partial charge in [-0.15, -0.1) is 0 Å². The van der Waals surface area contributed by atoms with Crippen LogP contribution < -0.4 is 5.11 Å². The Balaban J connectivity index is 4.09. The molecule has 0 saturated heterocycles. The van der Waals surface area contributed by atoms with E-state index in [1.54, 1.807) is 6.92 Å². The van der Waals surface area contributed by atoms with Crippen molar-refractivity contribution in [2.75, 3.05) is 6.61 Å². The average molecular weight is 171 g/mol. The number of carboxylic acids is 1. The quantitative estimate of drug-likeness (QED) is 0.462. The van der Waals surface area contributed by atoms with E-state index >= 15 is 0 Å². The number of rotatable bonds is 4. The van der Waals surface area contributed by atoms with Crippen LogP contribution in [0.1, 0.15) is 27.7 Å². The van der Waals surface area contributed by atoms with E-state index in [1.807, 2.05) is 13.8 Å². The lowest BCUT2D eigenvalue weighted by molar-refractivity contribution is -0.299. The van der Waals surface area contributed by atoms with Crippen LogP contribution in [0.15, 0.2) is 11.3 Å². The van der Waals surface area contributed by atoms with Gasteiger partial charge in [0.25, 0.3) is 0 Å². The van der Waals surface area contributed by atoms with Gasteiger partial charge in [-0.25, -0.2) is 0 Å². The van der Waals surface area contributed by atoms with Gasteiger partial charge < -0.3 is 14.6 Å². The van der Waals surface area contributed by atoms with E-state index in [4.69, 9.17) is 4.74 Å². The molecular weight excluding hydrogens is 156 g/mol. The maximum absolute atomic E-state index is 10.3. The number of allylic oxidation sites excluding steroid dienone is 1. The second-order valence-electron chi connectivity index (χ2n) is 3.17. The summed E-state index contributed by atoms with van der Waals surface area (Å²) in [5.74, 6) is -0.338. The molecule has 0 fully saturated rings. The fourth-order valence-electron chi connectivity index (χ4n) is 0.544. The van der Waals surface area contributed by atoms with Gasteiger partial charge in [0.1, 0.15) is 0 Å². The molecular formula is C9H15O3-. The van der Waals surface area contributed by atoms with Gasteiger partial charge in [0.2, 0.25) is 0 Å². The van der Waals surface area contributed by atoms with Crippen LogP contribution >= 0.6 is 0 Å². The van der Waals surface area contributed by atoms with Crippen molar-refractivity contribution in [3.8, 4) is 0 Å². The van der Waals surface area contributed by atoms with E-state index in [9.17, 15) is 9.90 Å². The molecule has 0 rings (SSSR count). The number of carbonyl (C=O) groups is 1. The first-order valence-corrected chi connectivity index (χ1v) is 3.96. The average Bonchev–Trinajstić information content (AvgIpc) is 1.98. The lowest BCUT2D eigenvalue weighted by Gasteiger charge is -2.12. The summed E-state index contributed by atoms with van der Waals surface area (Å²) in [4.78, 5) is 10.3. The molecule has 0 N–H and O–H groups in total. The molecule has 0 heterocycles. The highest BCUT2D eigenvalue weighted by Gasteiger charge is 2.00. The van der Waals surface area contributed by atoms with Crippen LogP contribution in [-0.2, 0) is 9.53 Å². The van der Waals surface area contributed by atoms with Gasteiger partial charge in [-0.1, -0.05) is 13.8 Å². The summed E-state index contributed by atoms with van der Waals surface area (Å²) in [5.41, 5.74) is 0.163. The number of ether oxygens (including phenoxy) is 1. The van der Waals surface area contributed by atoms with Crippen LogP contribution in [0.25, 0.3) is 0 Å². The van der Waals surface area contributed by atoms with Crippen LogP contribution in [0, 0.1) is 5.92 Å². The zero-order chi connectivity index (χ0) is 9.72. The minimum absolute atomic E-state index is 0.163. The van der Waals surface area contributed by atoms with Crippen molar-refractivity contribution in [2.24, 2.45) is 5.92 Å². The highest BCUT2D eigenvalue weighted by Crippen LogP contribution is 2.06. The Morgan fingerprint density at radius 3 is 2.25 bits per heavy atom. The van der Waals surface area contributed by atoms with Crippen LogP contribution in [0.5, 0.6) is 0 Å². The molecule has 3 nitrogen and oxygen atoms in total. The molecule has 0 radical (unpaired) electrons. The van der Waals surface area contributed by atoms with Crippen molar-refractivity contribution in [3.63, 3.8) is 0 Å².